The molecule has 3 rings (SSSR count). The predicted molar refractivity (Wildman–Crippen MR) is 95.8 cm³/mol. The molecule has 1 aliphatic rings. The highest BCUT2D eigenvalue weighted by molar-refractivity contribution is 5.84. The van der Waals surface area contributed by atoms with Crippen LogP contribution in [0.1, 0.15) is 22.5 Å². The van der Waals surface area contributed by atoms with Crippen LogP contribution in [0.15, 0.2) is 30.6 Å². The Kier molecular flexibility index (Phi) is 5.52. The summed E-state index contributed by atoms with van der Waals surface area (Å²) in [4.78, 5) is 21.1. The van der Waals surface area contributed by atoms with Gasteiger partial charge in [-0.25, -0.2) is 14.8 Å². The zero-order chi connectivity index (χ0) is 18.5. The maximum atomic E-state index is 10.8. The zero-order valence-corrected chi connectivity index (χ0v) is 14.8. The second-order valence-corrected chi connectivity index (χ2v) is 6.18. The Balaban J connectivity index is 1.58. The fourth-order valence-corrected chi connectivity index (χ4v) is 3.03. The molecule has 2 N–H and O–H groups in total. The van der Waals surface area contributed by atoms with Gasteiger partial charge in [0.25, 0.3) is 0 Å². The van der Waals surface area contributed by atoms with Crippen LogP contribution in [0.3, 0.4) is 0 Å². The summed E-state index contributed by atoms with van der Waals surface area (Å²) in [5.41, 5.74) is 1.07. The first kappa shape index (κ1) is 17.9. The number of methoxy groups -OCH3 is 2. The fourth-order valence-electron chi connectivity index (χ4n) is 3.03. The Bertz CT molecular complexity index is 744. The molecule has 1 aliphatic heterocycles. The summed E-state index contributed by atoms with van der Waals surface area (Å²) in [7, 11) is 3.29. The van der Waals surface area contributed by atoms with Crippen molar-refractivity contribution in [3.05, 3.63) is 41.9 Å². The molecule has 2 aromatic rings. The summed E-state index contributed by atoms with van der Waals surface area (Å²) in [5, 5.41) is 12.2. The number of aromatic nitrogens is 2. The molecular formula is C18H22N4O4. The molecule has 0 radical (unpaired) electrons. The van der Waals surface area contributed by atoms with Crippen molar-refractivity contribution in [2.24, 2.45) is 0 Å². The van der Waals surface area contributed by atoms with Gasteiger partial charge in [-0.1, -0.05) is 0 Å². The van der Waals surface area contributed by atoms with Crippen molar-refractivity contribution in [3.8, 4) is 11.5 Å². The maximum absolute atomic E-state index is 10.8. The molecule has 0 amide bonds. The van der Waals surface area contributed by atoms with Crippen LogP contribution in [0, 0.1) is 0 Å². The van der Waals surface area contributed by atoms with E-state index in [4.69, 9.17) is 14.6 Å². The first-order valence-corrected chi connectivity index (χ1v) is 8.33. The van der Waals surface area contributed by atoms with E-state index in [0.29, 0.717) is 5.82 Å². The van der Waals surface area contributed by atoms with Gasteiger partial charge in [0.15, 0.2) is 5.69 Å². The van der Waals surface area contributed by atoms with Crippen molar-refractivity contribution >= 4 is 11.8 Å². The van der Waals surface area contributed by atoms with Crippen molar-refractivity contribution in [1.82, 2.24) is 14.9 Å². The zero-order valence-electron chi connectivity index (χ0n) is 14.8. The van der Waals surface area contributed by atoms with Gasteiger partial charge in [0.1, 0.15) is 17.3 Å². The molecule has 1 aromatic heterocycles. The lowest BCUT2D eigenvalue weighted by atomic mass is 10.2. The molecule has 0 bridgehead atoms. The summed E-state index contributed by atoms with van der Waals surface area (Å²) >= 11 is 0. The van der Waals surface area contributed by atoms with Crippen molar-refractivity contribution in [2.45, 2.75) is 19.0 Å². The van der Waals surface area contributed by atoms with E-state index >= 15 is 0 Å². The Hall–Kier alpha value is -2.87. The fraction of sp³-hybridized carbons (Fsp3) is 0.389. The van der Waals surface area contributed by atoms with Crippen molar-refractivity contribution in [3.63, 3.8) is 0 Å². The molecule has 1 atom stereocenters. The van der Waals surface area contributed by atoms with Gasteiger partial charge in [-0.05, 0) is 24.1 Å². The number of nitrogens with one attached hydrogen (secondary N) is 1. The van der Waals surface area contributed by atoms with Gasteiger partial charge in [0.2, 0.25) is 0 Å². The summed E-state index contributed by atoms with van der Waals surface area (Å²) in [5.74, 6) is 1.07. The van der Waals surface area contributed by atoms with E-state index < -0.39 is 5.97 Å². The van der Waals surface area contributed by atoms with E-state index in [0.717, 1.165) is 43.1 Å². The van der Waals surface area contributed by atoms with Crippen LogP contribution >= 0.6 is 0 Å². The monoisotopic (exact) mass is 358 g/mol. The highest BCUT2D eigenvalue weighted by atomic mass is 16.5. The SMILES string of the molecule is COc1cc(CN2CCC(Nc3cnc(C(=O)O)cn3)C2)cc(OC)c1. The number of rotatable bonds is 7. The van der Waals surface area contributed by atoms with Gasteiger partial charge in [-0.3, -0.25) is 4.90 Å². The quantitative estimate of drug-likeness (QED) is 0.774. The molecule has 0 saturated carbocycles. The van der Waals surface area contributed by atoms with Crippen LogP contribution in [-0.2, 0) is 6.54 Å². The van der Waals surface area contributed by atoms with Gasteiger partial charge >= 0.3 is 5.97 Å². The Labute approximate surface area is 151 Å². The second-order valence-electron chi connectivity index (χ2n) is 6.18. The third kappa shape index (κ3) is 4.40. The maximum Gasteiger partial charge on any atom is 0.356 e. The van der Waals surface area contributed by atoms with Gasteiger partial charge in [0.05, 0.1) is 26.6 Å². The topological polar surface area (TPSA) is 96.8 Å². The third-order valence-corrected chi connectivity index (χ3v) is 4.31. The summed E-state index contributed by atoms with van der Waals surface area (Å²) in [6.07, 6.45) is 3.70. The molecular weight excluding hydrogens is 336 g/mol. The van der Waals surface area contributed by atoms with Crippen LogP contribution in [0.5, 0.6) is 11.5 Å². The van der Waals surface area contributed by atoms with Crippen LogP contribution < -0.4 is 14.8 Å². The smallest absolute Gasteiger partial charge is 0.356 e. The molecule has 1 fully saturated rings. The normalized spacial score (nSPS) is 17.1. The van der Waals surface area contributed by atoms with Crippen molar-refractivity contribution in [1.29, 1.82) is 0 Å². The minimum atomic E-state index is -1.08. The number of carboxylic acids is 1. The number of anilines is 1. The van der Waals surface area contributed by atoms with E-state index in [1.807, 2.05) is 18.2 Å². The summed E-state index contributed by atoms with van der Waals surface area (Å²) in [6, 6.07) is 6.13. The standard InChI is InChI=1S/C18H22N4O4/c1-25-14-5-12(6-15(7-14)26-2)10-22-4-3-13(11-22)21-17-9-19-16(8-20-17)18(23)24/h5-9,13H,3-4,10-11H2,1-2H3,(H,20,21)(H,23,24). The summed E-state index contributed by atoms with van der Waals surface area (Å²) < 4.78 is 10.6. The number of nitrogens with zero attached hydrogens (tertiary/aromatic N) is 3. The van der Waals surface area contributed by atoms with Crippen LogP contribution in [0.2, 0.25) is 0 Å². The largest absolute Gasteiger partial charge is 0.497 e. The molecule has 0 aliphatic carbocycles. The van der Waals surface area contributed by atoms with Crippen molar-refractivity contribution < 1.29 is 19.4 Å². The van der Waals surface area contributed by atoms with E-state index in [-0.39, 0.29) is 11.7 Å². The van der Waals surface area contributed by atoms with E-state index in [9.17, 15) is 4.79 Å². The Morgan fingerprint density at radius 1 is 1.23 bits per heavy atom. The third-order valence-electron chi connectivity index (χ3n) is 4.31. The summed E-state index contributed by atoms with van der Waals surface area (Å²) in [6.45, 7) is 2.62. The number of carbonyl (C=O) groups is 1. The average Bonchev–Trinajstić information content (AvgIpc) is 3.08. The lowest BCUT2D eigenvalue weighted by Crippen LogP contribution is -2.26. The second kappa shape index (κ2) is 8.01. The Morgan fingerprint density at radius 2 is 1.96 bits per heavy atom. The van der Waals surface area contributed by atoms with Gasteiger partial charge in [-0.15, -0.1) is 0 Å². The van der Waals surface area contributed by atoms with E-state index in [1.54, 1.807) is 14.2 Å². The molecule has 2 heterocycles. The number of hydrogen-bond acceptors (Lipinski definition) is 7. The van der Waals surface area contributed by atoms with Crippen molar-refractivity contribution in [2.75, 3.05) is 32.6 Å². The highest BCUT2D eigenvalue weighted by Gasteiger charge is 2.23. The molecule has 1 unspecified atom stereocenters. The number of benzene rings is 1. The first-order chi connectivity index (χ1) is 12.6. The van der Waals surface area contributed by atoms with E-state index in [1.165, 1.54) is 12.4 Å². The predicted octanol–water partition coefficient (Wildman–Crippen LogP) is 1.88. The molecule has 0 spiro atoms. The number of carboxylic acid groups (broad SMARTS) is 1. The number of hydrogen-bond donors (Lipinski definition) is 2. The first-order valence-electron chi connectivity index (χ1n) is 8.33. The minimum Gasteiger partial charge on any atom is -0.497 e. The lowest BCUT2D eigenvalue weighted by molar-refractivity contribution is 0.0690. The molecule has 8 nitrogen and oxygen atoms in total. The van der Waals surface area contributed by atoms with E-state index in [2.05, 4.69) is 20.2 Å². The van der Waals surface area contributed by atoms with Crippen LogP contribution in [-0.4, -0.2) is 59.3 Å². The lowest BCUT2D eigenvalue weighted by Gasteiger charge is -2.18. The molecule has 1 aromatic carbocycles. The number of ether oxygens (including phenoxy) is 2. The van der Waals surface area contributed by atoms with Crippen LogP contribution in [0.25, 0.3) is 0 Å². The minimum absolute atomic E-state index is 0.0597. The molecule has 138 valence electrons. The highest BCUT2D eigenvalue weighted by Crippen LogP contribution is 2.25. The van der Waals surface area contributed by atoms with Gasteiger partial charge in [-0.2, -0.15) is 0 Å². The molecule has 8 heteroatoms. The van der Waals surface area contributed by atoms with Gasteiger partial charge in [0, 0.05) is 31.7 Å². The molecule has 1 saturated heterocycles. The van der Waals surface area contributed by atoms with Gasteiger partial charge < -0.3 is 19.9 Å². The number of likely N-dealkylation sites (tertiary alicyclic amines) is 1. The molecule has 26 heavy (non-hydrogen) atoms. The van der Waals surface area contributed by atoms with Crippen LogP contribution in [0.4, 0.5) is 5.82 Å². The Morgan fingerprint density at radius 3 is 2.54 bits per heavy atom. The average molecular weight is 358 g/mol. The number of aromatic carboxylic acids is 1.